The Hall–Kier alpha value is -1.45. The molecule has 2 saturated heterocycles. The lowest BCUT2D eigenvalue weighted by molar-refractivity contribution is -0.133. The Morgan fingerprint density at radius 2 is 1.91 bits per heavy atom. The van der Waals surface area contributed by atoms with Gasteiger partial charge in [0, 0.05) is 19.1 Å². The first-order chi connectivity index (χ1) is 10.8. The highest BCUT2D eigenvalue weighted by molar-refractivity contribution is 7.91. The minimum absolute atomic E-state index is 0.213. The van der Waals surface area contributed by atoms with E-state index in [1.807, 2.05) is 0 Å². The van der Waals surface area contributed by atoms with E-state index in [-0.39, 0.29) is 31.1 Å². The average Bonchev–Trinajstić information content (AvgIpc) is 3.08. The van der Waals surface area contributed by atoms with Gasteiger partial charge in [0.1, 0.15) is 9.75 Å². The molecule has 23 heavy (non-hydrogen) atoms. The van der Waals surface area contributed by atoms with E-state index in [9.17, 15) is 18.0 Å². The van der Waals surface area contributed by atoms with E-state index in [4.69, 9.17) is 0 Å². The van der Waals surface area contributed by atoms with Gasteiger partial charge >= 0.3 is 6.03 Å². The molecule has 0 bridgehead atoms. The summed E-state index contributed by atoms with van der Waals surface area (Å²) < 4.78 is 26.7. The van der Waals surface area contributed by atoms with Crippen LogP contribution in [0.1, 0.15) is 26.7 Å². The van der Waals surface area contributed by atoms with Gasteiger partial charge in [-0.1, -0.05) is 6.07 Å². The van der Waals surface area contributed by atoms with Crippen LogP contribution in [0.15, 0.2) is 21.7 Å². The third-order valence-electron chi connectivity index (χ3n) is 4.37. The van der Waals surface area contributed by atoms with Crippen molar-refractivity contribution in [2.75, 3.05) is 13.1 Å². The van der Waals surface area contributed by atoms with Gasteiger partial charge in [0.25, 0.3) is 15.9 Å². The summed E-state index contributed by atoms with van der Waals surface area (Å²) in [4.78, 5) is 25.9. The van der Waals surface area contributed by atoms with Gasteiger partial charge in [-0.2, -0.15) is 4.31 Å². The molecular formula is C14H19N3O4S2. The van der Waals surface area contributed by atoms with Gasteiger partial charge in [0.05, 0.1) is 0 Å². The van der Waals surface area contributed by atoms with Crippen molar-refractivity contribution in [2.24, 2.45) is 0 Å². The molecule has 126 valence electrons. The van der Waals surface area contributed by atoms with Gasteiger partial charge in [-0.3, -0.25) is 9.69 Å². The van der Waals surface area contributed by atoms with Crippen molar-refractivity contribution < 1.29 is 18.0 Å². The number of hydrogen-bond donors (Lipinski definition) is 1. The van der Waals surface area contributed by atoms with E-state index >= 15 is 0 Å². The molecule has 2 aliphatic rings. The number of nitrogens with one attached hydrogen (secondary N) is 1. The summed E-state index contributed by atoms with van der Waals surface area (Å²) in [6.45, 7) is 4.01. The molecule has 3 rings (SSSR count). The topological polar surface area (TPSA) is 86.8 Å². The molecule has 0 saturated carbocycles. The second-order valence-corrected chi connectivity index (χ2v) is 9.23. The number of carbonyl (C=O) groups is 2. The first-order valence-electron chi connectivity index (χ1n) is 7.47. The van der Waals surface area contributed by atoms with E-state index in [2.05, 4.69) is 5.32 Å². The summed E-state index contributed by atoms with van der Waals surface area (Å²) in [5.74, 6) is -0.245. The number of amides is 3. The predicted molar refractivity (Wildman–Crippen MR) is 85.6 cm³/mol. The fourth-order valence-electron chi connectivity index (χ4n) is 3.09. The van der Waals surface area contributed by atoms with Crippen LogP contribution in [0, 0.1) is 0 Å². The van der Waals surface area contributed by atoms with Gasteiger partial charge in [-0.25, -0.2) is 13.2 Å². The second-order valence-electron chi connectivity index (χ2n) is 6.12. The van der Waals surface area contributed by atoms with Crippen LogP contribution in [0.2, 0.25) is 0 Å². The molecule has 0 unspecified atom stereocenters. The Labute approximate surface area is 139 Å². The number of rotatable bonds is 3. The maximum absolute atomic E-state index is 12.6. The molecular weight excluding hydrogens is 338 g/mol. The molecule has 0 radical (unpaired) electrons. The minimum Gasteiger partial charge on any atom is -0.323 e. The number of thiophene rings is 1. The standard InChI is InChI=1S/C14H19N3O4S2/c1-10(2)17-12(18)14(15-13(17)19)5-7-16(8-6-14)23(20,21)11-4-3-9-22-11/h3-4,9-10H,5-8H2,1-2H3,(H,15,19). The highest BCUT2D eigenvalue weighted by Gasteiger charge is 2.53. The van der Waals surface area contributed by atoms with Crippen molar-refractivity contribution in [1.29, 1.82) is 0 Å². The lowest BCUT2D eigenvalue weighted by Crippen LogP contribution is -2.55. The van der Waals surface area contributed by atoms with E-state index in [1.165, 1.54) is 20.5 Å². The van der Waals surface area contributed by atoms with Crippen LogP contribution in [0.25, 0.3) is 0 Å². The van der Waals surface area contributed by atoms with E-state index in [0.29, 0.717) is 17.1 Å². The molecule has 0 atom stereocenters. The smallest absolute Gasteiger partial charge is 0.323 e. The number of nitrogens with zero attached hydrogens (tertiary/aromatic N) is 2. The SMILES string of the molecule is CC(C)N1C(=O)NC2(CCN(S(=O)(=O)c3cccs3)CC2)C1=O. The van der Waals surface area contributed by atoms with Crippen molar-refractivity contribution in [1.82, 2.24) is 14.5 Å². The molecule has 7 nitrogen and oxygen atoms in total. The van der Waals surface area contributed by atoms with Crippen LogP contribution in [-0.4, -0.2) is 54.2 Å². The predicted octanol–water partition coefficient (Wildman–Crippen LogP) is 1.23. The number of imide groups is 1. The molecule has 1 N–H and O–H groups in total. The lowest BCUT2D eigenvalue weighted by atomic mass is 9.88. The van der Waals surface area contributed by atoms with Gasteiger partial charge in [0.15, 0.2) is 0 Å². The number of sulfonamides is 1. The monoisotopic (exact) mass is 357 g/mol. The summed E-state index contributed by atoms with van der Waals surface area (Å²) in [6, 6.07) is 2.67. The Morgan fingerprint density at radius 1 is 1.26 bits per heavy atom. The fourth-order valence-corrected chi connectivity index (χ4v) is 5.68. The second kappa shape index (κ2) is 5.57. The maximum Gasteiger partial charge on any atom is 0.325 e. The molecule has 2 aliphatic heterocycles. The zero-order valence-electron chi connectivity index (χ0n) is 13.0. The third kappa shape index (κ3) is 2.56. The Balaban J connectivity index is 1.77. The fraction of sp³-hybridized carbons (Fsp3) is 0.571. The quantitative estimate of drug-likeness (QED) is 0.825. The summed E-state index contributed by atoms with van der Waals surface area (Å²) >= 11 is 1.18. The molecule has 3 amide bonds. The van der Waals surface area contributed by atoms with Gasteiger partial charge < -0.3 is 5.32 Å². The minimum atomic E-state index is -3.51. The summed E-state index contributed by atoms with van der Waals surface area (Å²) in [7, 11) is -3.51. The zero-order valence-corrected chi connectivity index (χ0v) is 14.6. The van der Waals surface area contributed by atoms with Crippen LogP contribution >= 0.6 is 11.3 Å². The molecule has 1 aromatic heterocycles. The first kappa shape index (κ1) is 16.4. The molecule has 3 heterocycles. The van der Waals surface area contributed by atoms with E-state index in [0.717, 1.165) is 0 Å². The summed E-state index contributed by atoms with van der Waals surface area (Å²) in [5.41, 5.74) is -0.956. The molecule has 1 spiro atoms. The molecule has 0 aliphatic carbocycles. The van der Waals surface area contributed by atoms with Crippen LogP contribution in [-0.2, 0) is 14.8 Å². The van der Waals surface area contributed by atoms with Crippen molar-refractivity contribution in [2.45, 2.75) is 42.5 Å². The van der Waals surface area contributed by atoms with Crippen LogP contribution in [0.4, 0.5) is 4.79 Å². The van der Waals surface area contributed by atoms with Crippen molar-refractivity contribution in [3.63, 3.8) is 0 Å². The highest BCUT2D eigenvalue weighted by atomic mass is 32.2. The number of carbonyl (C=O) groups excluding carboxylic acids is 2. The van der Waals surface area contributed by atoms with Crippen molar-refractivity contribution in [3.05, 3.63) is 17.5 Å². The normalized spacial score (nSPS) is 22.1. The first-order valence-corrected chi connectivity index (χ1v) is 9.79. The van der Waals surface area contributed by atoms with Gasteiger partial charge in [-0.05, 0) is 38.1 Å². The van der Waals surface area contributed by atoms with E-state index in [1.54, 1.807) is 31.4 Å². The summed E-state index contributed by atoms with van der Waals surface area (Å²) in [6.07, 6.45) is 0.594. The average molecular weight is 357 g/mol. The Morgan fingerprint density at radius 3 is 2.39 bits per heavy atom. The zero-order chi connectivity index (χ0) is 16.8. The van der Waals surface area contributed by atoms with Gasteiger partial charge in [0.2, 0.25) is 0 Å². The maximum atomic E-state index is 12.6. The van der Waals surface area contributed by atoms with E-state index < -0.39 is 15.6 Å². The van der Waals surface area contributed by atoms with Crippen LogP contribution in [0.5, 0.6) is 0 Å². The van der Waals surface area contributed by atoms with Crippen LogP contribution in [0.3, 0.4) is 0 Å². The largest absolute Gasteiger partial charge is 0.325 e. The number of piperidine rings is 1. The molecule has 2 fully saturated rings. The Kier molecular flexibility index (Phi) is 3.97. The number of urea groups is 1. The van der Waals surface area contributed by atoms with Crippen molar-refractivity contribution >= 4 is 33.3 Å². The summed E-state index contributed by atoms with van der Waals surface area (Å²) in [5, 5.41) is 4.50. The van der Waals surface area contributed by atoms with Gasteiger partial charge in [-0.15, -0.1) is 11.3 Å². The van der Waals surface area contributed by atoms with Crippen molar-refractivity contribution in [3.8, 4) is 0 Å². The third-order valence-corrected chi connectivity index (χ3v) is 7.65. The number of hydrogen-bond acceptors (Lipinski definition) is 5. The molecule has 1 aromatic rings. The molecule has 9 heteroatoms. The molecule has 0 aromatic carbocycles. The highest BCUT2D eigenvalue weighted by Crippen LogP contribution is 2.33. The lowest BCUT2D eigenvalue weighted by Gasteiger charge is -2.36. The van der Waals surface area contributed by atoms with Crippen LogP contribution < -0.4 is 5.32 Å². The Bertz CT molecular complexity index is 719.